The van der Waals surface area contributed by atoms with Gasteiger partial charge in [-0.1, -0.05) is 12.1 Å². The van der Waals surface area contributed by atoms with E-state index in [0.29, 0.717) is 5.92 Å². The third kappa shape index (κ3) is 3.58. The Balaban J connectivity index is 1.34. The fourth-order valence-electron chi connectivity index (χ4n) is 3.97. The van der Waals surface area contributed by atoms with Crippen molar-refractivity contribution in [3.05, 3.63) is 47.3 Å². The molecule has 2 atom stereocenters. The van der Waals surface area contributed by atoms with Crippen LogP contribution < -0.4 is 10.1 Å². The van der Waals surface area contributed by atoms with Gasteiger partial charge in [-0.05, 0) is 37.5 Å². The zero-order valence-electron chi connectivity index (χ0n) is 15.3. The van der Waals surface area contributed by atoms with Crippen molar-refractivity contribution < 1.29 is 9.47 Å². The molecule has 0 unspecified atom stereocenters. The fourth-order valence-corrected chi connectivity index (χ4v) is 3.97. The lowest BCUT2D eigenvalue weighted by molar-refractivity contribution is 0.0904. The highest BCUT2D eigenvalue weighted by Crippen LogP contribution is 2.36. The number of fused-ring (bicyclic) bond motifs is 1. The van der Waals surface area contributed by atoms with Crippen LogP contribution in [0.3, 0.4) is 0 Å². The van der Waals surface area contributed by atoms with E-state index >= 15 is 0 Å². The van der Waals surface area contributed by atoms with Crippen LogP contribution in [0.15, 0.2) is 30.6 Å². The minimum Gasteiger partial charge on any atom is -0.487 e. The van der Waals surface area contributed by atoms with Gasteiger partial charge in [-0.15, -0.1) is 0 Å². The summed E-state index contributed by atoms with van der Waals surface area (Å²) in [5, 5.41) is 7.89. The molecule has 134 valence electrons. The molecule has 3 heterocycles. The monoisotopic (exact) mass is 341 g/mol. The number of aryl methyl sites for hydroxylation is 1. The molecule has 5 nitrogen and oxygen atoms in total. The molecule has 4 rings (SSSR count). The maximum Gasteiger partial charge on any atom is 0.123 e. The van der Waals surface area contributed by atoms with Crippen LogP contribution in [0.4, 0.5) is 0 Å². The molecule has 2 aromatic rings. The van der Waals surface area contributed by atoms with Crippen molar-refractivity contribution in [2.75, 3.05) is 13.2 Å². The van der Waals surface area contributed by atoms with E-state index in [0.717, 1.165) is 38.3 Å². The molecule has 2 aliphatic heterocycles. The Kier molecular flexibility index (Phi) is 4.29. The van der Waals surface area contributed by atoms with Crippen LogP contribution in [0.1, 0.15) is 43.1 Å². The average Bonchev–Trinajstić information content (AvgIpc) is 3.24. The molecule has 25 heavy (non-hydrogen) atoms. The predicted octanol–water partition coefficient (Wildman–Crippen LogP) is 3.00. The van der Waals surface area contributed by atoms with Crippen molar-refractivity contribution in [2.24, 2.45) is 13.0 Å². The zero-order valence-corrected chi connectivity index (χ0v) is 15.3. The minimum atomic E-state index is -0.0769. The number of benzene rings is 1. The first-order chi connectivity index (χ1) is 12.0. The van der Waals surface area contributed by atoms with Crippen LogP contribution >= 0.6 is 0 Å². The lowest BCUT2D eigenvalue weighted by atomic mass is 9.97. The van der Waals surface area contributed by atoms with Crippen molar-refractivity contribution in [1.82, 2.24) is 15.1 Å². The quantitative estimate of drug-likeness (QED) is 0.908. The van der Waals surface area contributed by atoms with Gasteiger partial charge in [0.1, 0.15) is 11.4 Å². The van der Waals surface area contributed by atoms with Gasteiger partial charge >= 0.3 is 0 Å². The van der Waals surface area contributed by atoms with Crippen molar-refractivity contribution in [3.8, 4) is 5.75 Å². The largest absolute Gasteiger partial charge is 0.487 e. The van der Waals surface area contributed by atoms with E-state index < -0.39 is 0 Å². The van der Waals surface area contributed by atoms with E-state index in [1.165, 1.54) is 16.7 Å². The van der Waals surface area contributed by atoms with Crippen LogP contribution in [0.25, 0.3) is 0 Å². The van der Waals surface area contributed by atoms with Crippen LogP contribution in [0, 0.1) is 5.92 Å². The molecule has 1 aromatic heterocycles. The molecule has 0 saturated carbocycles. The molecule has 0 bridgehead atoms. The van der Waals surface area contributed by atoms with E-state index in [1.807, 2.05) is 17.9 Å². The Morgan fingerprint density at radius 2 is 2.24 bits per heavy atom. The minimum absolute atomic E-state index is 0.0769. The van der Waals surface area contributed by atoms with Crippen molar-refractivity contribution in [2.45, 2.75) is 44.9 Å². The second kappa shape index (κ2) is 6.46. The first kappa shape index (κ1) is 16.6. The van der Waals surface area contributed by atoms with Gasteiger partial charge in [0.15, 0.2) is 0 Å². The Morgan fingerprint density at radius 3 is 3.04 bits per heavy atom. The highest BCUT2D eigenvalue weighted by molar-refractivity contribution is 5.41. The highest BCUT2D eigenvalue weighted by atomic mass is 16.5. The van der Waals surface area contributed by atoms with Crippen LogP contribution in [-0.2, 0) is 24.8 Å². The fraction of sp³-hybridized carbons (Fsp3) is 0.550. The maximum atomic E-state index is 5.96. The van der Waals surface area contributed by atoms with Gasteiger partial charge in [-0.25, -0.2) is 0 Å². The van der Waals surface area contributed by atoms with Gasteiger partial charge in [0.25, 0.3) is 0 Å². The zero-order chi connectivity index (χ0) is 17.4. The van der Waals surface area contributed by atoms with E-state index in [9.17, 15) is 0 Å². The summed E-state index contributed by atoms with van der Waals surface area (Å²) in [5.41, 5.74) is 3.74. The summed E-state index contributed by atoms with van der Waals surface area (Å²) in [4.78, 5) is 0. The van der Waals surface area contributed by atoms with Crippen molar-refractivity contribution in [3.63, 3.8) is 0 Å². The third-order valence-electron chi connectivity index (χ3n) is 5.13. The predicted molar refractivity (Wildman–Crippen MR) is 96.6 cm³/mol. The molecular weight excluding hydrogens is 314 g/mol. The second-order valence-electron chi connectivity index (χ2n) is 7.90. The van der Waals surface area contributed by atoms with Crippen LogP contribution in [0.2, 0.25) is 0 Å². The SMILES string of the molecule is Cn1cc([C@@H]2OCC[C@@H]2CNCc2ccc3c(c2)CC(C)(C)O3)cn1. The summed E-state index contributed by atoms with van der Waals surface area (Å²) in [6, 6.07) is 6.55. The number of rotatable bonds is 5. The van der Waals surface area contributed by atoms with Gasteiger partial charge in [-0.3, -0.25) is 4.68 Å². The summed E-state index contributed by atoms with van der Waals surface area (Å²) < 4.78 is 13.7. The number of aromatic nitrogens is 2. The molecule has 1 aromatic carbocycles. The van der Waals surface area contributed by atoms with E-state index in [4.69, 9.17) is 9.47 Å². The topological polar surface area (TPSA) is 48.3 Å². The highest BCUT2D eigenvalue weighted by Gasteiger charge is 2.31. The molecule has 1 saturated heterocycles. The summed E-state index contributed by atoms with van der Waals surface area (Å²) >= 11 is 0. The molecule has 2 aliphatic rings. The summed E-state index contributed by atoms with van der Waals surface area (Å²) in [5.74, 6) is 1.54. The summed E-state index contributed by atoms with van der Waals surface area (Å²) in [7, 11) is 1.95. The lowest BCUT2D eigenvalue weighted by Crippen LogP contribution is -2.24. The van der Waals surface area contributed by atoms with Gasteiger partial charge in [0, 0.05) is 50.8 Å². The third-order valence-corrected chi connectivity index (χ3v) is 5.13. The van der Waals surface area contributed by atoms with E-state index in [1.54, 1.807) is 0 Å². The van der Waals surface area contributed by atoms with Gasteiger partial charge in [0.05, 0.1) is 12.3 Å². The number of nitrogens with one attached hydrogen (secondary N) is 1. The normalized spacial score (nSPS) is 24.3. The van der Waals surface area contributed by atoms with Crippen molar-refractivity contribution in [1.29, 1.82) is 0 Å². The van der Waals surface area contributed by atoms with Crippen LogP contribution in [0.5, 0.6) is 5.75 Å². The van der Waals surface area contributed by atoms with Gasteiger partial charge in [-0.2, -0.15) is 5.10 Å². The molecular formula is C20H27N3O2. The smallest absolute Gasteiger partial charge is 0.123 e. The number of nitrogens with zero attached hydrogens (tertiary/aromatic N) is 2. The number of hydrogen-bond donors (Lipinski definition) is 1. The molecule has 0 spiro atoms. The van der Waals surface area contributed by atoms with Crippen molar-refractivity contribution >= 4 is 0 Å². The molecule has 1 fully saturated rings. The second-order valence-corrected chi connectivity index (χ2v) is 7.90. The standard InChI is InChI=1S/C20H27N3O2/c1-20(2)9-16-8-14(4-5-18(16)25-20)10-21-11-15-6-7-24-19(15)17-12-22-23(3)13-17/h4-5,8,12-13,15,19,21H,6-7,9-11H2,1-3H3/t15-,19-/m1/s1. The molecule has 5 heteroatoms. The van der Waals surface area contributed by atoms with Crippen LogP contribution in [-0.4, -0.2) is 28.5 Å². The number of hydrogen-bond acceptors (Lipinski definition) is 4. The Hall–Kier alpha value is -1.85. The molecule has 0 amide bonds. The Labute approximate surface area is 149 Å². The molecule has 0 radical (unpaired) electrons. The van der Waals surface area contributed by atoms with Gasteiger partial charge in [0.2, 0.25) is 0 Å². The molecule has 0 aliphatic carbocycles. The first-order valence-corrected chi connectivity index (χ1v) is 9.12. The average molecular weight is 341 g/mol. The lowest BCUT2D eigenvalue weighted by Gasteiger charge is -2.18. The molecule has 1 N–H and O–H groups in total. The maximum absolute atomic E-state index is 5.96. The summed E-state index contributed by atoms with van der Waals surface area (Å²) in [6.07, 6.45) is 6.22. The number of ether oxygens (including phenoxy) is 2. The van der Waals surface area contributed by atoms with E-state index in [-0.39, 0.29) is 11.7 Å². The van der Waals surface area contributed by atoms with E-state index in [2.05, 4.69) is 48.7 Å². The Morgan fingerprint density at radius 1 is 1.36 bits per heavy atom. The first-order valence-electron chi connectivity index (χ1n) is 9.12. The Bertz CT molecular complexity index is 753. The van der Waals surface area contributed by atoms with Gasteiger partial charge < -0.3 is 14.8 Å². The summed E-state index contributed by atoms with van der Waals surface area (Å²) in [6.45, 7) is 6.95.